The average Bonchev–Trinajstić information content (AvgIpc) is 3.24. The van der Waals surface area contributed by atoms with Crippen molar-refractivity contribution in [1.29, 1.82) is 0 Å². The number of nitrogens with two attached hydrogens (primary N) is 1. The van der Waals surface area contributed by atoms with Gasteiger partial charge < -0.3 is 14.4 Å². The van der Waals surface area contributed by atoms with Gasteiger partial charge in [-0.3, -0.25) is 5.43 Å². The fraction of sp³-hybridized carbons (Fsp3) is 0.727. The van der Waals surface area contributed by atoms with Crippen molar-refractivity contribution in [2.75, 3.05) is 37.2 Å². The highest BCUT2D eigenvalue weighted by molar-refractivity contribution is 5.40. The number of rotatable bonds is 8. The van der Waals surface area contributed by atoms with E-state index in [1.165, 1.54) is 0 Å². The summed E-state index contributed by atoms with van der Waals surface area (Å²) in [4.78, 5) is 14.7. The van der Waals surface area contributed by atoms with E-state index in [1.54, 1.807) is 7.11 Å². The van der Waals surface area contributed by atoms with Gasteiger partial charge in [0.2, 0.25) is 11.9 Å². The summed E-state index contributed by atoms with van der Waals surface area (Å²) < 4.78 is 10.4. The summed E-state index contributed by atoms with van der Waals surface area (Å²) in [6.45, 7) is 3.73. The lowest BCUT2D eigenvalue weighted by Crippen LogP contribution is -2.31. The van der Waals surface area contributed by atoms with Gasteiger partial charge in [0.05, 0.1) is 13.2 Å². The molecule has 1 heterocycles. The molecule has 1 aromatic heterocycles. The van der Waals surface area contributed by atoms with Gasteiger partial charge in [0.15, 0.2) is 0 Å². The lowest BCUT2D eigenvalue weighted by atomic mass is 10.5. The minimum Gasteiger partial charge on any atom is -0.464 e. The molecule has 0 aliphatic heterocycles. The molecule has 0 radical (unpaired) electrons. The monoisotopic (exact) mass is 268 g/mol. The number of aromatic nitrogens is 3. The molecule has 1 saturated carbocycles. The number of nitrogen functional groups attached to an aromatic ring is 1. The summed E-state index contributed by atoms with van der Waals surface area (Å²) in [5, 5.41) is 0. The number of nitrogens with one attached hydrogen (secondary N) is 1. The second-order valence-corrected chi connectivity index (χ2v) is 4.24. The van der Waals surface area contributed by atoms with Gasteiger partial charge in [0.25, 0.3) is 0 Å². The van der Waals surface area contributed by atoms with Crippen molar-refractivity contribution < 1.29 is 9.47 Å². The van der Waals surface area contributed by atoms with E-state index in [1.807, 2.05) is 6.92 Å². The van der Waals surface area contributed by atoms with Gasteiger partial charge in [-0.05, 0) is 19.8 Å². The lowest BCUT2D eigenvalue weighted by molar-refractivity contribution is 0.204. The topological polar surface area (TPSA) is 98.4 Å². The quantitative estimate of drug-likeness (QED) is 0.508. The molecule has 1 aliphatic rings. The molecule has 1 fully saturated rings. The van der Waals surface area contributed by atoms with Gasteiger partial charge >= 0.3 is 6.01 Å². The summed E-state index contributed by atoms with van der Waals surface area (Å²) in [7, 11) is 1.68. The predicted octanol–water partition coefficient (Wildman–Crippen LogP) is 0.171. The Morgan fingerprint density at radius 3 is 2.74 bits per heavy atom. The fourth-order valence-corrected chi connectivity index (χ4v) is 1.75. The Hall–Kier alpha value is -1.67. The van der Waals surface area contributed by atoms with Crippen molar-refractivity contribution in [2.24, 2.45) is 5.84 Å². The third-order valence-corrected chi connectivity index (χ3v) is 2.79. The van der Waals surface area contributed by atoms with Crippen LogP contribution in [0.2, 0.25) is 0 Å². The number of hydrogen-bond donors (Lipinski definition) is 2. The number of anilines is 2. The van der Waals surface area contributed by atoms with Crippen LogP contribution in [0.3, 0.4) is 0 Å². The van der Waals surface area contributed by atoms with Gasteiger partial charge in [-0.2, -0.15) is 15.0 Å². The molecule has 2 rings (SSSR count). The van der Waals surface area contributed by atoms with E-state index in [2.05, 4.69) is 25.3 Å². The average molecular weight is 268 g/mol. The van der Waals surface area contributed by atoms with E-state index in [9.17, 15) is 0 Å². The van der Waals surface area contributed by atoms with Crippen LogP contribution in [0.4, 0.5) is 11.9 Å². The lowest BCUT2D eigenvalue weighted by Gasteiger charge is -2.22. The first-order valence-electron chi connectivity index (χ1n) is 6.39. The van der Waals surface area contributed by atoms with Gasteiger partial charge in [-0.1, -0.05) is 0 Å². The zero-order valence-electron chi connectivity index (χ0n) is 11.3. The molecule has 0 aromatic carbocycles. The zero-order valence-corrected chi connectivity index (χ0v) is 11.3. The molecule has 0 unspecified atom stereocenters. The first-order valence-corrected chi connectivity index (χ1v) is 6.39. The molecule has 0 bridgehead atoms. The zero-order chi connectivity index (χ0) is 13.7. The highest BCUT2D eigenvalue weighted by Gasteiger charge is 2.31. The Kier molecular flexibility index (Phi) is 4.69. The summed E-state index contributed by atoms with van der Waals surface area (Å²) in [5.74, 6) is 6.25. The predicted molar refractivity (Wildman–Crippen MR) is 71.1 cm³/mol. The molecule has 1 aromatic rings. The summed E-state index contributed by atoms with van der Waals surface area (Å²) >= 11 is 0. The van der Waals surface area contributed by atoms with Gasteiger partial charge in [-0.15, -0.1) is 0 Å². The van der Waals surface area contributed by atoms with Crippen LogP contribution >= 0.6 is 0 Å². The van der Waals surface area contributed by atoms with Crippen LogP contribution in [0.1, 0.15) is 19.8 Å². The number of hydrogen-bond acceptors (Lipinski definition) is 8. The molecular formula is C11H20N6O2. The molecule has 3 N–H and O–H groups in total. The second kappa shape index (κ2) is 6.48. The van der Waals surface area contributed by atoms with Gasteiger partial charge in [0, 0.05) is 19.7 Å². The smallest absolute Gasteiger partial charge is 0.323 e. The summed E-state index contributed by atoms with van der Waals surface area (Å²) in [5.41, 5.74) is 2.44. The standard InChI is InChI=1S/C11H20N6O2/c1-3-19-11-14-9(16-12)13-10(15-11)17(6-7-18-2)8-4-5-8/h8H,3-7,12H2,1-2H3,(H,13,14,15,16). The van der Waals surface area contributed by atoms with Crippen LogP contribution < -0.4 is 20.9 Å². The fourth-order valence-electron chi connectivity index (χ4n) is 1.75. The molecule has 0 spiro atoms. The van der Waals surface area contributed by atoms with Crippen molar-refractivity contribution in [3.8, 4) is 6.01 Å². The molecular weight excluding hydrogens is 248 g/mol. The Bertz CT molecular complexity index is 412. The Balaban J connectivity index is 2.21. The van der Waals surface area contributed by atoms with Crippen LogP contribution in [0.15, 0.2) is 0 Å². The van der Waals surface area contributed by atoms with Crippen LogP contribution in [0, 0.1) is 0 Å². The van der Waals surface area contributed by atoms with Crippen LogP contribution in [-0.4, -0.2) is 47.9 Å². The highest BCUT2D eigenvalue weighted by Crippen LogP contribution is 2.30. The Labute approximate surface area is 112 Å². The number of hydrazine groups is 1. The maximum absolute atomic E-state index is 5.37. The minimum absolute atomic E-state index is 0.281. The summed E-state index contributed by atoms with van der Waals surface area (Å²) in [6.07, 6.45) is 2.29. The minimum atomic E-state index is 0.281. The molecule has 8 nitrogen and oxygen atoms in total. The Morgan fingerprint density at radius 1 is 1.37 bits per heavy atom. The molecule has 0 atom stereocenters. The number of nitrogens with zero attached hydrogens (tertiary/aromatic N) is 4. The van der Waals surface area contributed by atoms with Crippen molar-refractivity contribution in [3.63, 3.8) is 0 Å². The molecule has 106 valence electrons. The maximum atomic E-state index is 5.37. The van der Waals surface area contributed by atoms with Gasteiger partial charge in [-0.25, -0.2) is 5.84 Å². The summed E-state index contributed by atoms with van der Waals surface area (Å²) in [6, 6.07) is 0.751. The number of methoxy groups -OCH3 is 1. The van der Waals surface area contributed by atoms with Crippen molar-refractivity contribution in [1.82, 2.24) is 15.0 Å². The largest absolute Gasteiger partial charge is 0.464 e. The van der Waals surface area contributed by atoms with Crippen LogP contribution in [0.25, 0.3) is 0 Å². The Morgan fingerprint density at radius 2 is 2.16 bits per heavy atom. The first-order chi connectivity index (χ1) is 9.28. The highest BCUT2D eigenvalue weighted by atomic mass is 16.5. The van der Waals surface area contributed by atoms with Gasteiger partial charge in [0.1, 0.15) is 0 Å². The second-order valence-electron chi connectivity index (χ2n) is 4.24. The van der Waals surface area contributed by atoms with E-state index in [4.69, 9.17) is 15.3 Å². The molecule has 0 saturated heterocycles. The van der Waals surface area contributed by atoms with Crippen LogP contribution in [-0.2, 0) is 4.74 Å². The third-order valence-electron chi connectivity index (χ3n) is 2.79. The SMILES string of the molecule is CCOc1nc(NN)nc(N(CCOC)C2CC2)n1. The van der Waals surface area contributed by atoms with Crippen molar-refractivity contribution in [2.45, 2.75) is 25.8 Å². The van der Waals surface area contributed by atoms with Crippen molar-refractivity contribution in [3.05, 3.63) is 0 Å². The molecule has 1 aliphatic carbocycles. The van der Waals surface area contributed by atoms with Crippen LogP contribution in [0.5, 0.6) is 6.01 Å². The van der Waals surface area contributed by atoms with E-state index in [0.29, 0.717) is 31.2 Å². The molecule has 0 amide bonds. The normalized spacial score (nSPS) is 14.3. The third kappa shape index (κ3) is 3.65. The van der Waals surface area contributed by atoms with Crippen molar-refractivity contribution >= 4 is 11.9 Å². The van der Waals surface area contributed by atoms with E-state index in [-0.39, 0.29) is 6.01 Å². The van der Waals surface area contributed by atoms with E-state index in [0.717, 1.165) is 19.4 Å². The maximum Gasteiger partial charge on any atom is 0.323 e. The first kappa shape index (κ1) is 13.8. The molecule has 8 heteroatoms. The molecule has 19 heavy (non-hydrogen) atoms. The van der Waals surface area contributed by atoms with E-state index >= 15 is 0 Å². The number of ether oxygens (including phenoxy) is 2. The van der Waals surface area contributed by atoms with E-state index < -0.39 is 0 Å².